The number of carbonyl (C=O) groups is 3. The van der Waals surface area contributed by atoms with Gasteiger partial charge in [0, 0.05) is 12.8 Å². The summed E-state index contributed by atoms with van der Waals surface area (Å²) < 4.78 is 10.3. The van der Waals surface area contributed by atoms with Crippen molar-refractivity contribution in [3.05, 3.63) is 120 Å². The molecule has 2 amide bonds. The molecule has 194 valence electrons. The number of carbonyl (C=O) groups excluding carboxylic acids is 3. The highest BCUT2D eigenvalue weighted by atomic mass is 16.5. The first kappa shape index (κ1) is 26.4. The number of rotatable bonds is 10. The van der Waals surface area contributed by atoms with Crippen molar-refractivity contribution in [2.45, 2.75) is 31.5 Å². The fourth-order valence-corrected chi connectivity index (χ4v) is 4.26. The van der Waals surface area contributed by atoms with Gasteiger partial charge in [0.05, 0.1) is 7.11 Å². The van der Waals surface area contributed by atoms with Gasteiger partial charge in [-0.1, -0.05) is 103 Å². The van der Waals surface area contributed by atoms with E-state index in [1.807, 2.05) is 103 Å². The van der Waals surface area contributed by atoms with Crippen LogP contribution in [0.3, 0.4) is 0 Å². The van der Waals surface area contributed by atoms with Crippen LogP contribution in [0.25, 0.3) is 10.8 Å². The molecule has 4 rings (SSSR count). The lowest BCUT2D eigenvalue weighted by atomic mass is 9.98. The molecule has 0 aliphatic heterocycles. The summed E-state index contributed by atoms with van der Waals surface area (Å²) in [6.45, 7) is 0.0677. The minimum absolute atomic E-state index is 0.0677. The van der Waals surface area contributed by atoms with Gasteiger partial charge in [0.1, 0.15) is 18.7 Å². The predicted molar refractivity (Wildman–Crippen MR) is 145 cm³/mol. The quantitative estimate of drug-likeness (QED) is 0.305. The minimum atomic E-state index is -0.972. The summed E-state index contributed by atoms with van der Waals surface area (Å²) in [5.74, 6) is -1.09. The minimum Gasteiger partial charge on any atom is -0.467 e. The number of hydrogen-bond acceptors (Lipinski definition) is 5. The van der Waals surface area contributed by atoms with Gasteiger partial charge in [0.25, 0.3) is 0 Å². The van der Waals surface area contributed by atoms with Crippen LogP contribution in [-0.4, -0.2) is 37.2 Å². The molecule has 38 heavy (non-hydrogen) atoms. The van der Waals surface area contributed by atoms with Crippen molar-refractivity contribution in [3.63, 3.8) is 0 Å². The summed E-state index contributed by atoms with van der Waals surface area (Å²) in [7, 11) is 1.28. The lowest BCUT2D eigenvalue weighted by Gasteiger charge is -2.23. The molecule has 0 aromatic heterocycles. The zero-order valence-corrected chi connectivity index (χ0v) is 21.1. The van der Waals surface area contributed by atoms with E-state index in [0.717, 1.165) is 27.5 Å². The molecule has 0 saturated heterocycles. The second-order valence-corrected chi connectivity index (χ2v) is 8.88. The van der Waals surface area contributed by atoms with Crippen LogP contribution in [0.5, 0.6) is 0 Å². The fraction of sp³-hybridized carbons (Fsp3) is 0.194. The first-order valence-electron chi connectivity index (χ1n) is 12.4. The Hall–Kier alpha value is -4.65. The van der Waals surface area contributed by atoms with E-state index < -0.39 is 30.1 Å². The molecule has 0 aliphatic carbocycles. The smallest absolute Gasteiger partial charge is 0.408 e. The third kappa shape index (κ3) is 7.20. The number of amides is 2. The Morgan fingerprint density at radius 1 is 0.684 bits per heavy atom. The van der Waals surface area contributed by atoms with E-state index in [1.54, 1.807) is 0 Å². The van der Waals surface area contributed by atoms with Gasteiger partial charge in [0.2, 0.25) is 5.91 Å². The second-order valence-electron chi connectivity index (χ2n) is 8.88. The van der Waals surface area contributed by atoms with Crippen molar-refractivity contribution in [1.29, 1.82) is 0 Å². The third-order valence-electron chi connectivity index (χ3n) is 6.21. The van der Waals surface area contributed by atoms with E-state index in [2.05, 4.69) is 10.6 Å². The van der Waals surface area contributed by atoms with Gasteiger partial charge in [0.15, 0.2) is 0 Å². The first-order chi connectivity index (χ1) is 18.5. The molecular formula is C31H30N2O5. The lowest BCUT2D eigenvalue weighted by molar-refractivity contribution is -0.145. The summed E-state index contributed by atoms with van der Waals surface area (Å²) >= 11 is 0. The molecule has 0 heterocycles. The molecular weight excluding hydrogens is 480 g/mol. The molecule has 0 radical (unpaired) electrons. The van der Waals surface area contributed by atoms with E-state index in [-0.39, 0.29) is 19.4 Å². The molecule has 0 bridgehead atoms. The summed E-state index contributed by atoms with van der Waals surface area (Å²) in [6, 6.07) is 30.3. The zero-order chi connectivity index (χ0) is 26.7. The van der Waals surface area contributed by atoms with Gasteiger partial charge >= 0.3 is 12.1 Å². The topological polar surface area (TPSA) is 93.7 Å². The zero-order valence-electron chi connectivity index (χ0n) is 21.1. The van der Waals surface area contributed by atoms with Crippen LogP contribution in [0.2, 0.25) is 0 Å². The van der Waals surface area contributed by atoms with Crippen molar-refractivity contribution in [1.82, 2.24) is 10.6 Å². The van der Waals surface area contributed by atoms with Crippen LogP contribution < -0.4 is 10.6 Å². The average Bonchev–Trinajstić information content (AvgIpc) is 2.96. The molecule has 4 aromatic carbocycles. The lowest BCUT2D eigenvalue weighted by Crippen LogP contribution is -2.53. The van der Waals surface area contributed by atoms with Gasteiger partial charge in [-0.25, -0.2) is 9.59 Å². The van der Waals surface area contributed by atoms with Crippen LogP contribution in [-0.2, 0) is 38.5 Å². The van der Waals surface area contributed by atoms with Crippen molar-refractivity contribution < 1.29 is 23.9 Å². The summed E-state index contributed by atoms with van der Waals surface area (Å²) in [5, 5.41) is 7.48. The Bertz CT molecular complexity index is 1370. The summed E-state index contributed by atoms with van der Waals surface area (Å²) in [6.07, 6.45) is -0.278. The molecule has 2 atom stereocenters. The monoisotopic (exact) mass is 510 g/mol. The van der Waals surface area contributed by atoms with Crippen LogP contribution >= 0.6 is 0 Å². The maximum absolute atomic E-state index is 13.5. The van der Waals surface area contributed by atoms with Crippen LogP contribution in [0.1, 0.15) is 16.7 Å². The van der Waals surface area contributed by atoms with E-state index >= 15 is 0 Å². The van der Waals surface area contributed by atoms with E-state index in [9.17, 15) is 14.4 Å². The van der Waals surface area contributed by atoms with E-state index in [1.165, 1.54) is 7.11 Å². The Morgan fingerprint density at radius 2 is 1.32 bits per heavy atom. The second kappa shape index (κ2) is 13.1. The molecule has 0 aliphatic rings. The number of methoxy groups -OCH3 is 1. The number of esters is 1. The SMILES string of the molecule is COC(=O)[C@H](Cc1cccc2ccccc12)NC(=O)[C@H](Cc1ccccc1)NC(=O)OCc1ccccc1. The normalized spacial score (nSPS) is 12.2. The van der Waals surface area contributed by atoms with Crippen molar-refractivity contribution >= 4 is 28.7 Å². The maximum atomic E-state index is 13.5. The van der Waals surface area contributed by atoms with Crippen molar-refractivity contribution in [3.8, 4) is 0 Å². The number of fused-ring (bicyclic) bond motifs is 1. The number of nitrogens with one attached hydrogen (secondary N) is 2. The third-order valence-corrected chi connectivity index (χ3v) is 6.21. The summed E-state index contributed by atoms with van der Waals surface area (Å²) in [5.41, 5.74) is 2.57. The van der Waals surface area contributed by atoms with E-state index in [4.69, 9.17) is 9.47 Å². The standard InChI is InChI=1S/C31H30N2O5/c1-37-30(35)28(20-25-17-10-16-24-15-8-9-18-26(24)25)32-29(34)27(19-22-11-4-2-5-12-22)33-31(36)38-21-23-13-6-3-7-14-23/h2-18,27-28H,19-21H2,1H3,(H,32,34)(H,33,36)/t27-,28-/m0/s1. The Morgan fingerprint density at radius 3 is 2.03 bits per heavy atom. The van der Waals surface area contributed by atoms with Crippen LogP contribution in [0.15, 0.2) is 103 Å². The van der Waals surface area contributed by atoms with Gasteiger partial charge in [-0.05, 0) is 27.5 Å². The van der Waals surface area contributed by atoms with Gasteiger partial charge < -0.3 is 20.1 Å². The van der Waals surface area contributed by atoms with Crippen LogP contribution in [0, 0.1) is 0 Å². The molecule has 0 spiro atoms. The number of alkyl carbamates (subject to hydrolysis) is 1. The maximum Gasteiger partial charge on any atom is 0.408 e. The predicted octanol–water partition coefficient (Wildman–Crippen LogP) is 4.58. The van der Waals surface area contributed by atoms with Crippen molar-refractivity contribution in [2.75, 3.05) is 7.11 Å². The molecule has 0 saturated carbocycles. The van der Waals surface area contributed by atoms with Gasteiger partial charge in [-0.15, -0.1) is 0 Å². The van der Waals surface area contributed by atoms with Crippen LogP contribution in [0.4, 0.5) is 4.79 Å². The average molecular weight is 511 g/mol. The molecule has 4 aromatic rings. The van der Waals surface area contributed by atoms with Gasteiger partial charge in [-0.2, -0.15) is 0 Å². The highest BCUT2D eigenvalue weighted by Crippen LogP contribution is 2.20. The summed E-state index contributed by atoms with van der Waals surface area (Å²) in [4.78, 5) is 38.8. The van der Waals surface area contributed by atoms with E-state index in [0.29, 0.717) is 0 Å². The molecule has 0 unspecified atom stereocenters. The molecule has 0 fully saturated rings. The number of ether oxygens (including phenoxy) is 2. The first-order valence-corrected chi connectivity index (χ1v) is 12.4. The molecule has 7 nitrogen and oxygen atoms in total. The van der Waals surface area contributed by atoms with Crippen molar-refractivity contribution in [2.24, 2.45) is 0 Å². The Balaban J connectivity index is 1.50. The Kier molecular flexibility index (Phi) is 9.07. The highest BCUT2D eigenvalue weighted by molar-refractivity contribution is 5.91. The Labute approximate surface area is 221 Å². The fourth-order valence-electron chi connectivity index (χ4n) is 4.26. The number of benzene rings is 4. The number of hydrogen-bond donors (Lipinski definition) is 2. The van der Waals surface area contributed by atoms with Gasteiger partial charge in [-0.3, -0.25) is 4.79 Å². The largest absolute Gasteiger partial charge is 0.467 e. The highest BCUT2D eigenvalue weighted by Gasteiger charge is 2.28. The molecule has 2 N–H and O–H groups in total. The molecule has 7 heteroatoms.